The van der Waals surface area contributed by atoms with Crippen LogP contribution in [0.15, 0.2) is 18.3 Å². The Labute approximate surface area is 198 Å². The van der Waals surface area contributed by atoms with Crippen molar-refractivity contribution in [1.82, 2.24) is 25.1 Å². The SMILES string of the molecule is CCCNc1nc(NCC)ncc1C#CCCCNC(=O)[C@H](C)N(C)C(=O)/C=C/CN(C)C. The molecule has 0 aliphatic rings. The van der Waals surface area contributed by atoms with Gasteiger partial charge in [0.25, 0.3) is 0 Å². The maximum absolute atomic E-state index is 12.4. The van der Waals surface area contributed by atoms with Crippen LogP contribution in [0.1, 0.15) is 45.6 Å². The molecule has 1 aromatic heterocycles. The van der Waals surface area contributed by atoms with Gasteiger partial charge in [-0.15, -0.1) is 0 Å². The molecule has 33 heavy (non-hydrogen) atoms. The number of carbonyl (C=O) groups is 2. The van der Waals surface area contributed by atoms with E-state index in [1.54, 1.807) is 26.2 Å². The molecule has 9 heteroatoms. The average Bonchev–Trinajstić information content (AvgIpc) is 2.79. The van der Waals surface area contributed by atoms with E-state index < -0.39 is 6.04 Å². The number of rotatable bonds is 13. The van der Waals surface area contributed by atoms with Gasteiger partial charge in [0.05, 0.1) is 11.8 Å². The van der Waals surface area contributed by atoms with Crippen LogP contribution >= 0.6 is 0 Å². The summed E-state index contributed by atoms with van der Waals surface area (Å²) in [5.74, 6) is 7.18. The van der Waals surface area contributed by atoms with E-state index in [1.165, 1.54) is 11.0 Å². The fourth-order valence-corrected chi connectivity index (χ4v) is 2.64. The van der Waals surface area contributed by atoms with E-state index in [1.807, 2.05) is 25.9 Å². The van der Waals surface area contributed by atoms with Crippen LogP contribution in [0.25, 0.3) is 0 Å². The van der Waals surface area contributed by atoms with Crippen LogP contribution in [-0.2, 0) is 9.59 Å². The monoisotopic (exact) mass is 457 g/mol. The fraction of sp³-hybridized carbons (Fsp3) is 0.583. The standard InChI is InChI=1S/C24H39N7O2/c1-7-15-26-22-20(18-28-24(29-22)25-8-2)13-10-9-11-16-27-23(33)19(3)31(6)21(32)14-12-17-30(4)5/h12,14,18-19H,7-9,11,15-17H2,1-6H3,(H,27,33)(H2,25,26,28,29)/b14-12+/t19-/m0/s1. The summed E-state index contributed by atoms with van der Waals surface area (Å²) in [7, 11) is 5.48. The Kier molecular flexibility index (Phi) is 13.2. The van der Waals surface area contributed by atoms with Gasteiger partial charge in [-0.3, -0.25) is 9.59 Å². The maximum atomic E-state index is 12.4. The number of anilines is 2. The Bertz CT molecular complexity index is 843. The topological polar surface area (TPSA) is 102 Å². The van der Waals surface area contributed by atoms with E-state index in [9.17, 15) is 9.59 Å². The lowest BCUT2D eigenvalue weighted by molar-refractivity contribution is -0.135. The molecule has 0 aromatic carbocycles. The van der Waals surface area contributed by atoms with Crippen LogP contribution in [0.3, 0.4) is 0 Å². The van der Waals surface area contributed by atoms with Crippen molar-refractivity contribution in [2.45, 2.75) is 46.1 Å². The number of likely N-dealkylation sites (N-methyl/N-ethyl adjacent to an activating group) is 2. The summed E-state index contributed by atoms with van der Waals surface area (Å²) in [4.78, 5) is 36.7. The first-order chi connectivity index (χ1) is 15.8. The van der Waals surface area contributed by atoms with Crippen LogP contribution < -0.4 is 16.0 Å². The van der Waals surface area contributed by atoms with E-state index in [-0.39, 0.29) is 11.8 Å². The molecule has 0 radical (unpaired) electrons. The number of aromatic nitrogens is 2. The van der Waals surface area contributed by atoms with E-state index >= 15 is 0 Å². The number of nitrogens with one attached hydrogen (secondary N) is 3. The second-order valence-corrected chi connectivity index (χ2v) is 7.90. The summed E-state index contributed by atoms with van der Waals surface area (Å²) in [6.45, 7) is 8.53. The van der Waals surface area contributed by atoms with Gasteiger partial charge in [-0.05, 0) is 40.8 Å². The summed E-state index contributed by atoms with van der Waals surface area (Å²) in [5.41, 5.74) is 0.755. The Balaban J connectivity index is 2.50. The molecule has 0 saturated heterocycles. The molecule has 1 atom stereocenters. The van der Waals surface area contributed by atoms with Crippen molar-refractivity contribution in [1.29, 1.82) is 0 Å². The smallest absolute Gasteiger partial charge is 0.246 e. The molecule has 0 bridgehead atoms. The molecular weight excluding hydrogens is 418 g/mol. The zero-order valence-corrected chi connectivity index (χ0v) is 20.9. The van der Waals surface area contributed by atoms with E-state index in [0.717, 1.165) is 30.9 Å². The number of hydrogen-bond acceptors (Lipinski definition) is 7. The maximum Gasteiger partial charge on any atom is 0.246 e. The number of amides is 2. The molecule has 9 nitrogen and oxygen atoms in total. The molecule has 0 saturated carbocycles. The van der Waals surface area contributed by atoms with Crippen molar-refractivity contribution in [3.05, 3.63) is 23.9 Å². The molecule has 182 valence electrons. The second-order valence-electron chi connectivity index (χ2n) is 7.90. The number of carbonyl (C=O) groups excluding carboxylic acids is 2. The highest BCUT2D eigenvalue weighted by molar-refractivity contribution is 5.92. The lowest BCUT2D eigenvalue weighted by Crippen LogP contribution is -2.45. The Hall–Kier alpha value is -3.12. The quantitative estimate of drug-likeness (QED) is 0.236. The average molecular weight is 458 g/mol. The highest BCUT2D eigenvalue weighted by Gasteiger charge is 2.20. The van der Waals surface area contributed by atoms with Crippen LogP contribution in [-0.4, -0.2) is 84.9 Å². The molecule has 3 N–H and O–H groups in total. The van der Waals surface area contributed by atoms with Gasteiger partial charge in [-0.1, -0.05) is 24.8 Å². The molecule has 1 heterocycles. The highest BCUT2D eigenvalue weighted by atomic mass is 16.2. The molecule has 2 amide bonds. The first kappa shape index (κ1) is 27.9. The molecule has 0 spiro atoms. The van der Waals surface area contributed by atoms with E-state index in [2.05, 4.69) is 44.7 Å². The largest absolute Gasteiger partial charge is 0.369 e. The molecule has 0 aliphatic carbocycles. The van der Waals surface area contributed by atoms with Crippen molar-refractivity contribution >= 4 is 23.6 Å². The van der Waals surface area contributed by atoms with Gasteiger partial charge in [0.2, 0.25) is 17.8 Å². The fourth-order valence-electron chi connectivity index (χ4n) is 2.64. The van der Waals surface area contributed by atoms with Gasteiger partial charge >= 0.3 is 0 Å². The third-order valence-electron chi connectivity index (χ3n) is 4.71. The summed E-state index contributed by atoms with van der Waals surface area (Å²) < 4.78 is 0. The predicted octanol–water partition coefficient (Wildman–Crippen LogP) is 1.94. The van der Waals surface area contributed by atoms with Gasteiger partial charge in [-0.25, -0.2) is 4.98 Å². The van der Waals surface area contributed by atoms with Crippen molar-refractivity contribution in [2.24, 2.45) is 0 Å². The normalized spacial score (nSPS) is 11.6. The van der Waals surface area contributed by atoms with Crippen LogP contribution in [0, 0.1) is 11.8 Å². The molecule has 0 aliphatic heterocycles. The van der Waals surface area contributed by atoms with Gasteiger partial charge < -0.3 is 25.8 Å². The molecule has 0 fully saturated rings. The second kappa shape index (κ2) is 15.6. The summed E-state index contributed by atoms with van der Waals surface area (Å²) in [5, 5.41) is 9.27. The lowest BCUT2D eigenvalue weighted by Gasteiger charge is -2.23. The predicted molar refractivity (Wildman–Crippen MR) is 134 cm³/mol. The van der Waals surface area contributed by atoms with Crippen LogP contribution in [0.4, 0.5) is 11.8 Å². The van der Waals surface area contributed by atoms with E-state index in [0.29, 0.717) is 31.9 Å². The van der Waals surface area contributed by atoms with E-state index in [4.69, 9.17) is 0 Å². The molecule has 1 aromatic rings. The molecule has 1 rings (SSSR count). The number of unbranched alkanes of at least 4 members (excludes halogenated alkanes) is 1. The van der Waals surface area contributed by atoms with Gasteiger partial charge in [0.1, 0.15) is 11.9 Å². The van der Waals surface area contributed by atoms with Crippen molar-refractivity contribution in [3.8, 4) is 11.8 Å². The zero-order valence-electron chi connectivity index (χ0n) is 20.9. The first-order valence-corrected chi connectivity index (χ1v) is 11.5. The molecule has 0 unspecified atom stereocenters. The van der Waals surface area contributed by atoms with Crippen LogP contribution in [0.5, 0.6) is 0 Å². The van der Waals surface area contributed by atoms with Gasteiger partial charge in [0, 0.05) is 45.7 Å². The summed E-state index contributed by atoms with van der Waals surface area (Å²) >= 11 is 0. The van der Waals surface area contributed by atoms with Gasteiger partial charge in [0.15, 0.2) is 0 Å². The van der Waals surface area contributed by atoms with Crippen molar-refractivity contribution in [3.63, 3.8) is 0 Å². The van der Waals surface area contributed by atoms with Gasteiger partial charge in [-0.2, -0.15) is 4.98 Å². The van der Waals surface area contributed by atoms with Crippen molar-refractivity contribution < 1.29 is 9.59 Å². The summed E-state index contributed by atoms with van der Waals surface area (Å²) in [6.07, 6.45) is 7.32. The third-order valence-corrected chi connectivity index (χ3v) is 4.71. The van der Waals surface area contributed by atoms with Crippen molar-refractivity contribution in [2.75, 3.05) is 58.0 Å². The minimum atomic E-state index is -0.549. The van der Waals surface area contributed by atoms with Crippen LogP contribution in [0.2, 0.25) is 0 Å². The number of nitrogens with zero attached hydrogens (tertiary/aromatic N) is 4. The zero-order chi connectivity index (χ0) is 24.6. The minimum Gasteiger partial charge on any atom is -0.369 e. The molecular formula is C24H39N7O2. The number of hydrogen-bond donors (Lipinski definition) is 3. The Morgan fingerprint density at radius 2 is 1.94 bits per heavy atom. The third kappa shape index (κ3) is 10.8. The Morgan fingerprint density at radius 3 is 2.61 bits per heavy atom. The lowest BCUT2D eigenvalue weighted by atomic mass is 10.2. The minimum absolute atomic E-state index is 0.182. The highest BCUT2D eigenvalue weighted by Crippen LogP contribution is 2.13. The first-order valence-electron chi connectivity index (χ1n) is 11.5. The Morgan fingerprint density at radius 1 is 1.18 bits per heavy atom. The summed E-state index contributed by atoms with van der Waals surface area (Å²) in [6, 6.07) is -0.549.